The van der Waals surface area contributed by atoms with Crippen molar-refractivity contribution in [2.45, 2.75) is 17.7 Å². The molecule has 2 heterocycles. The molecule has 1 N–H and O–H groups in total. The van der Waals surface area contributed by atoms with E-state index in [9.17, 15) is 18.5 Å². The Morgan fingerprint density at radius 1 is 1.06 bits per heavy atom. The number of piperidine rings is 1. The van der Waals surface area contributed by atoms with Crippen LogP contribution in [0.3, 0.4) is 0 Å². The summed E-state index contributed by atoms with van der Waals surface area (Å²) in [5, 5.41) is 12.8. The highest BCUT2D eigenvalue weighted by Gasteiger charge is 2.33. The van der Waals surface area contributed by atoms with Crippen molar-refractivity contribution in [1.29, 1.82) is 5.26 Å². The van der Waals surface area contributed by atoms with Gasteiger partial charge in [-0.15, -0.1) is 0 Å². The fourth-order valence-electron chi connectivity index (χ4n) is 4.24. The minimum atomic E-state index is -3.80. The zero-order chi connectivity index (χ0) is 23.4. The van der Waals surface area contributed by atoms with Gasteiger partial charge in [-0.25, -0.2) is 8.42 Å². The lowest BCUT2D eigenvalue weighted by Gasteiger charge is -2.33. The number of ether oxygens (including phenoxy) is 1. The second kappa shape index (κ2) is 10.1. The van der Waals surface area contributed by atoms with Gasteiger partial charge in [0.2, 0.25) is 15.9 Å². The number of benzene rings is 2. The van der Waals surface area contributed by atoms with E-state index in [1.807, 2.05) is 12.1 Å². The number of sulfonamides is 1. The van der Waals surface area contributed by atoms with Crippen molar-refractivity contribution < 1.29 is 17.9 Å². The van der Waals surface area contributed by atoms with Crippen LogP contribution in [-0.4, -0.2) is 58.0 Å². The average molecular weight is 489 g/mol. The molecular weight excluding hydrogens is 464 g/mol. The number of halogens is 1. The molecule has 10 heteroatoms. The first-order chi connectivity index (χ1) is 15.9. The molecule has 0 aromatic heterocycles. The topological polar surface area (TPSA) is 103 Å². The van der Waals surface area contributed by atoms with Gasteiger partial charge in [-0.1, -0.05) is 29.8 Å². The Bertz CT molecular complexity index is 1170. The number of rotatable bonds is 5. The van der Waals surface area contributed by atoms with Crippen LogP contribution in [-0.2, 0) is 19.6 Å². The van der Waals surface area contributed by atoms with Gasteiger partial charge >= 0.3 is 0 Å². The van der Waals surface area contributed by atoms with Crippen LogP contribution in [0.15, 0.2) is 47.4 Å². The minimum absolute atomic E-state index is 0.00415. The summed E-state index contributed by atoms with van der Waals surface area (Å²) in [7, 11) is -3.80. The normalized spacial score (nSPS) is 18.0. The van der Waals surface area contributed by atoms with E-state index in [0.29, 0.717) is 49.9 Å². The van der Waals surface area contributed by atoms with Crippen LogP contribution in [0, 0.1) is 17.2 Å². The summed E-state index contributed by atoms with van der Waals surface area (Å²) in [6.45, 7) is 3.00. The van der Waals surface area contributed by atoms with Crippen LogP contribution in [0.4, 0.5) is 11.4 Å². The van der Waals surface area contributed by atoms with Crippen LogP contribution in [0.2, 0.25) is 5.02 Å². The Labute approximate surface area is 198 Å². The Balaban J connectivity index is 1.44. The van der Waals surface area contributed by atoms with Crippen molar-refractivity contribution in [2.24, 2.45) is 5.92 Å². The third kappa shape index (κ3) is 4.99. The monoisotopic (exact) mass is 488 g/mol. The first-order valence-corrected chi connectivity index (χ1v) is 12.6. The average Bonchev–Trinajstić information content (AvgIpc) is 2.84. The van der Waals surface area contributed by atoms with Crippen molar-refractivity contribution in [3.8, 4) is 6.07 Å². The molecule has 0 radical (unpaired) electrons. The van der Waals surface area contributed by atoms with E-state index in [1.54, 1.807) is 24.3 Å². The minimum Gasteiger partial charge on any atom is -0.378 e. The molecule has 1 amide bonds. The summed E-state index contributed by atoms with van der Waals surface area (Å²) in [5.74, 6) is -0.472. The van der Waals surface area contributed by atoms with E-state index in [2.05, 4.69) is 10.2 Å². The van der Waals surface area contributed by atoms with Crippen LogP contribution in [0.1, 0.15) is 18.4 Å². The van der Waals surface area contributed by atoms with Gasteiger partial charge in [0.1, 0.15) is 6.07 Å². The predicted octanol–water partition coefficient (Wildman–Crippen LogP) is 3.09. The lowest BCUT2D eigenvalue weighted by Crippen LogP contribution is -2.42. The Hall–Kier alpha value is -2.64. The zero-order valence-electron chi connectivity index (χ0n) is 18.0. The van der Waals surface area contributed by atoms with Crippen LogP contribution < -0.4 is 10.2 Å². The van der Waals surface area contributed by atoms with Crippen LogP contribution >= 0.6 is 11.6 Å². The van der Waals surface area contributed by atoms with Crippen LogP contribution in [0.5, 0.6) is 0 Å². The quantitative estimate of drug-likeness (QED) is 0.693. The van der Waals surface area contributed by atoms with E-state index < -0.39 is 10.0 Å². The predicted molar refractivity (Wildman–Crippen MR) is 126 cm³/mol. The third-order valence-corrected chi connectivity index (χ3v) is 8.28. The summed E-state index contributed by atoms with van der Waals surface area (Å²) in [6.07, 6.45) is 0.792. The number of nitrogens with zero attached hydrogens (tertiary/aromatic N) is 3. The van der Waals surface area contributed by atoms with Crippen LogP contribution in [0.25, 0.3) is 0 Å². The number of anilines is 2. The standard InChI is InChI=1S/C23H25ClN4O4S/c24-19-5-3-6-20(22(19)27-12-14-32-15-13-27)26-23(29)17-8-10-28(11-9-17)33(30,31)21-7-2-1-4-18(21)16-25/h1-7,17H,8-15H2,(H,26,29). The van der Waals surface area contributed by atoms with Crippen molar-refractivity contribution in [2.75, 3.05) is 49.6 Å². The molecule has 8 nitrogen and oxygen atoms in total. The number of nitrogens with one attached hydrogen (secondary N) is 1. The fourth-order valence-corrected chi connectivity index (χ4v) is 6.15. The van der Waals surface area contributed by atoms with Gasteiger partial charge in [0, 0.05) is 32.1 Å². The molecule has 0 unspecified atom stereocenters. The number of carbonyl (C=O) groups is 1. The summed E-state index contributed by atoms with van der Waals surface area (Å²) < 4.78 is 32.8. The summed E-state index contributed by atoms with van der Waals surface area (Å²) in [5.41, 5.74) is 1.55. The maximum absolute atomic E-state index is 13.0. The van der Waals surface area contributed by atoms with Gasteiger partial charge in [0.15, 0.2) is 0 Å². The second-order valence-corrected chi connectivity index (χ2v) is 10.3. The SMILES string of the molecule is N#Cc1ccccc1S(=O)(=O)N1CCC(C(=O)Nc2cccc(Cl)c2N2CCOCC2)CC1. The number of amides is 1. The van der Waals surface area contributed by atoms with Crippen molar-refractivity contribution in [1.82, 2.24) is 4.31 Å². The van der Waals surface area contributed by atoms with E-state index in [-0.39, 0.29) is 35.4 Å². The smallest absolute Gasteiger partial charge is 0.244 e. The highest BCUT2D eigenvalue weighted by atomic mass is 35.5. The molecule has 0 saturated carbocycles. The Morgan fingerprint density at radius 3 is 2.45 bits per heavy atom. The van der Waals surface area contributed by atoms with E-state index in [1.165, 1.54) is 16.4 Å². The van der Waals surface area contributed by atoms with Gasteiger partial charge in [0.05, 0.1) is 40.1 Å². The zero-order valence-corrected chi connectivity index (χ0v) is 19.6. The summed E-state index contributed by atoms with van der Waals surface area (Å²) in [6, 6.07) is 13.5. The number of carbonyl (C=O) groups excluding carboxylic acids is 1. The molecule has 0 aliphatic carbocycles. The molecule has 2 aromatic rings. The lowest BCUT2D eigenvalue weighted by molar-refractivity contribution is -0.120. The van der Waals surface area contributed by atoms with Gasteiger partial charge in [-0.3, -0.25) is 4.79 Å². The third-order valence-electron chi connectivity index (χ3n) is 6.02. The molecule has 2 fully saturated rings. The number of morpholine rings is 1. The first kappa shape index (κ1) is 23.5. The molecule has 0 atom stereocenters. The van der Waals surface area contributed by atoms with Gasteiger partial charge in [-0.2, -0.15) is 9.57 Å². The lowest BCUT2D eigenvalue weighted by atomic mass is 9.97. The number of hydrogen-bond acceptors (Lipinski definition) is 6. The molecule has 2 aliphatic rings. The van der Waals surface area contributed by atoms with Crippen molar-refractivity contribution in [3.63, 3.8) is 0 Å². The van der Waals surface area contributed by atoms with Gasteiger partial charge in [-0.05, 0) is 37.1 Å². The largest absolute Gasteiger partial charge is 0.378 e. The molecule has 33 heavy (non-hydrogen) atoms. The van der Waals surface area contributed by atoms with E-state index in [0.717, 1.165) is 5.69 Å². The number of nitriles is 1. The maximum atomic E-state index is 13.0. The Kier molecular flexibility index (Phi) is 7.20. The van der Waals surface area contributed by atoms with E-state index in [4.69, 9.17) is 16.3 Å². The number of para-hydroxylation sites is 1. The molecule has 0 bridgehead atoms. The molecular formula is C23H25ClN4O4S. The molecule has 2 aromatic carbocycles. The fraction of sp³-hybridized carbons (Fsp3) is 0.391. The maximum Gasteiger partial charge on any atom is 0.244 e. The van der Waals surface area contributed by atoms with Crippen molar-refractivity contribution in [3.05, 3.63) is 53.1 Å². The molecule has 4 rings (SSSR count). The highest BCUT2D eigenvalue weighted by molar-refractivity contribution is 7.89. The van der Waals surface area contributed by atoms with Gasteiger partial charge in [0.25, 0.3) is 0 Å². The number of hydrogen-bond donors (Lipinski definition) is 1. The molecule has 2 saturated heterocycles. The molecule has 0 spiro atoms. The summed E-state index contributed by atoms with van der Waals surface area (Å²) in [4.78, 5) is 15.1. The van der Waals surface area contributed by atoms with Crippen molar-refractivity contribution >= 4 is 38.9 Å². The Morgan fingerprint density at radius 2 is 1.76 bits per heavy atom. The first-order valence-electron chi connectivity index (χ1n) is 10.8. The van der Waals surface area contributed by atoms with E-state index >= 15 is 0 Å². The summed E-state index contributed by atoms with van der Waals surface area (Å²) >= 11 is 6.45. The second-order valence-electron chi connectivity index (χ2n) is 8.01. The molecule has 174 valence electrons. The highest BCUT2D eigenvalue weighted by Crippen LogP contribution is 2.35. The molecule has 2 aliphatic heterocycles. The van der Waals surface area contributed by atoms with Gasteiger partial charge < -0.3 is 15.0 Å².